The number of hydrogen-bond donors (Lipinski definition) is 2. The van der Waals surface area contributed by atoms with Crippen molar-refractivity contribution in [1.29, 1.82) is 0 Å². The van der Waals surface area contributed by atoms with Crippen LogP contribution in [0.25, 0.3) is 0 Å². The van der Waals surface area contributed by atoms with E-state index >= 15 is 0 Å². The Balaban J connectivity index is 1.84. The topological polar surface area (TPSA) is 69.6 Å². The van der Waals surface area contributed by atoms with E-state index < -0.39 is 5.97 Å². The van der Waals surface area contributed by atoms with Gasteiger partial charge in [0.2, 0.25) is 0 Å². The SMILES string of the molecule is O=C(Nc1ccc(N2CCCCC2)cc1C(=O)O)c1cccc(CCl)c1. The van der Waals surface area contributed by atoms with Crippen LogP contribution < -0.4 is 10.2 Å². The van der Waals surface area contributed by atoms with Crippen LogP contribution in [0.2, 0.25) is 0 Å². The van der Waals surface area contributed by atoms with Gasteiger partial charge in [-0.25, -0.2) is 4.79 Å². The normalized spacial score (nSPS) is 14.1. The number of carbonyl (C=O) groups is 2. The molecule has 1 fully saturated rings. The lowest BCUT2D eigenvalue weighted by Gasteiger charge is -2.29. The first-order valence-corrected chi connectivity index (χ1v) is 9.20. The molecule has 1 aliphatic heterocycles. The Morgan fingerprint density at radius 3 is 2.54 bits per heavy atom. The summed E-state index contributed by atoms with van der Waals surface area (Å²) in [6.45, 7) is 1.85. The number of hydrogen-bond acceptors (Lipinski definition) is 3. The van der Waals surface area contributed by atoms with Crippen molar-refractivity contribution in [2.75, 3.05) is 23.3 Å². The minimum absolute atomic E-state index is 0.0925. The quantitative estimate of drug-likeness (QED) is 0.765. The molecule has 2 aromatic rings. The number of nitrogens with zero attached hydrogens (tertiary/aromatic N) is 1. The van der Waals surface area contributed by atoms with Gasteiger partial charge in [-0.3, -0.25) is 4.79 Å². The summed E-state index contributed by atoms with van der Waals surface area (Å²) < 4.78 is 0. The number of carboxylic acid groups (broad SMARTS) is 1. The van der Waals surface area contributed by atoms with Gasteiger partial charge in [-0.05, 0) is 55.2 Å². The largest absolute Gasteiger partial charge is 0.478 e. The Hall–Kier alpha value is -2.53. The van der Waals surface area contributed by atoms with Crippen molar-refractivity contribution in [2.24, 2.45) is 0 Å². The van der Waals surface area contributed by atoms with Crippen molar-refractivity contribution < 1.29 is 14.7 Å². The summed E-state index contributed by atoms with van der Waals surface area (Å²) in [5.74, 6) is -1.11. The van der Waals surface area contributed by atoms with Gasteiger partial charge in [0, 0.05) is 30.2 Å². The highest BCUT2D eigenvalue weighted by molar-refractivity contribution is 6.17. The van der Waals surface area contributed by atoms with Crippen LogP contribution in [0, 0.1) is 0 Å². The summed E-state index contributed by atoms with van der Waals surface area (Å²) in [4.78, 5) is 26.4. The lowest BCUT2D eigenvalue weighted by molar-refractivity contribution is 0.0698. The molecule has 136 valence electrons. The zero-order valence-electron chi connectivity index (χ0n) is 14.4. The van der Waals surface area contributed by atoms with E-state index in [1.165, 1.54) is 6.42 Å². The standard InChI is InChI=1S/C20H21ClN2O3/c21-13-14-5-4-6-15(11-14)19(24)22-18-8-7-16(12-17(18)20(25)26)23-9-2-1-3-10-23/h4-8,11-12H,1-3,9-10,13H2,(H,22,24)(H,25,26). The van der Waals surface area contributed by atoms with Crippen molar-refractivity contribution >= 4 is 34.9 Å². The second-order valence-corrected chi connectivity index (χ2v) is 6.64. The molecule has 0 bridgehead atoms. The van der Waals surface area contributed by atoms with Crippen LogP contribution in [0.5, 0.6) is 0 Å². The van der Waals surface area contributed by atoms with E-state index in [1.807, 2.05) is 12.1 Å². The highest BCUT2D eigenvalue weighted by atomic mass is 35.5. The van der Waals surface area contributed by atoms with E-state index in [0.717, 1.165) is 37.2 Å². The number of anilines is 2. The summed E-state index contributed by atoms with van der Waals surface area (Å²) in [5, 5.41) is 12.3. The number of carboxylic acids is 1. The Labute approximate surface area is 157 Å². The van der Waals surface area contributed by atoms with Crippen LogP contribution in [0.4, 0.5) is 11.4 Å². The third-order valence-electron chi connectivity index (χ3n) is 4.55. The molecule has 0 atom stereocenters. The summed E-state index contributed by atoms with van der Waals surface area (Å²) in [6, 6.07) is 12.1. The summed E-state index contributed by atoms with van der Waals surface area (Å²) >= 11 is 5.81. The number of piperidine rings is 1. The molecule has 0 saturated carbocycles. The van der Waals surface area contributed by atoms with Crippen molar-refractivity contribution in [3.8, 4) is 0 Å². The summed E-state index contributed by atoms with van der Waals surface area (Å²) in [7, 11) is 0. The highest BCUT2D eigenvalue weighted by Gasteiger charge is 2.18. The van der Waals surface area contributed by atoms with Gasteiger partial charge in [0.05, 0.1) is 11.3 Å². The molecule has 2 aromatic carbocycles. The molecular formula is C20H21ClN2O3. The minimum atomic E-state index is -1.06. The van der Waals surface area contributed by atoms with Gasteiger partial charge < -0.3 is 15.3 Å². The highest BCUT2D eigenvalue weighted by Crippen LogP contribution is 2.26. The molecule has 0 aromatic heterocycles. The predicted molar refractivity (Wildman–Crippen MR) is 103 cm³/mol. The molecule has 0 spiro atoms. The minimum Gasteiger partial charge on any atom is -0.478 e. The first-order valence-electron chi connectivity index (χ1n) is 8.67. The van der Waals surface area contributed by atoms with E-state index in [-0.39, 0.29) is 11.5 Å². The van der Waals surface area contributed by atoms with Crippen molar-refractivity contribution in [1.82, 2.24) is 0 Å². The van der Waals surface area contributed by atoms with Crippen LogP contribution >= 0.6 is 11.6 Å². The van der Waals surface area contributed by atoms with E-state index in [9.17, 15) is 14.7 Å². The second-order valence-electron chi connectivity index (χ2n) is 6.37. The third-order valence-corrected chi connectivity index (χ3v) is 4.86. The smallest absolute Gasteiger partial charge is 0.337 e. The van der Waals surface area contributed by atoms with Gasteiger partial charge in [-0.15, -0.1) is 11.6 Å². The maximum Gasteiger partial charge on any atom is 0.337 e. The average molecular weight is 373 g/mol. The summed E-state index contributed by atoms with van der Waals surface area (Å²) in [6.07, 6.45) is 3.42. The van der Waals surface area contributed by atoms with E-state index in [2.05, 4.69) is 10.2 Å². The number of alkyl halides is 1. The van der Waals surface area contributed by atoms with Gasteiger partial charge in [0.25, 0.3) is 5.91 Å². The van der Waals surface area contributed by atoms with Crippen molar-refractivity contribution in [3.63, 3.8) is 0 Å². The monoisotopic (exact) mass is 372 g/mol. The lowest BCUT2D eigenvalue weighted by Crippen LogP contribution is -2.29. The molecular weight excluding hydrogens is 352 g/mol. The van der Waals surface area contributed by atoms with Crippen LogP contribution in [0.3, 0.4) is 0 Å². The van der Waals surface area contributed by atoms with E-state index in [0.29, 0.717) is 17.1 Å². The molecule has 1 heterocycles. The average Bonchev–Trinajstić information content (AvgIpc) is 2.68. The third kappa shape index (κ3) is 4.17. The van der Waals surface area contributed by atoms with Crippen molar-refractivity contribution in [3.05, 3.63) is 59.2 Å². The molecule has 6 heteroatoms. The molecule has 0 aliphatic carbocycles. The fourth-order valence-electron chi connectivity index (χ4n) is 3.16. The fourth-order valence-corrected chi connectivity index (χ4v) is 3.32. The predicted octanol–water partition coefficient (Wildman–Crippen LogP) is 4.37. The van der Waals surface area contributed by atoms with Crippen LogP contribution in [-0.4, -0.2) is 30.1 Å². The molecule has 26 heavy (non-hydrogen) atoms. The molecule has 1 amide bonds. The molecule has 0 radical (unpaired) electrons. The molecule has 0 unspecified atom stereocenters. The number of carbonyl (C=O) groups excluding carboxylic acids is 1. The second kappa shape index (κ2) is 8.23. The first kappa shape index (κ1) is 18.3. The number of rotatable bonds is 5. The summed E-state index contributed by atoms with van der Waals surface area (Å²) in [5.41, 5.74) is 2.54. The number of benzene rings is 2. The molecule has 5 nitrogen and oxygen atoms in total. The lowest BCUT2D eigenvalue weighted by atomic mass is 10.1. The van der Waals surface area contributed by atoms with E-state index in [4.69, 9.17) is 11.6 Å². The molecule has 1 saturated heterocycles. The maximum absolute atomic E-state index is 12.5. The molecule has 1 aliphatic rings. The molecule has 3 rings (SSSR count). The zero-order chi connectivity index (χ0) is 18.5. The number of aromatic carboxylic acids is 1. The maximum atomic E-state index is 12.5. The van der Waals surface area contributed by atoms with Crippen LogP contribution in [0.15, 0.2) is 42.5 Å². The fraction of sp³-hybridized carbons (Fsp3) is 0.300. The first-order chi connectivity index (χ1) is 12.6. The van der Waals surface area contributed by atoms with Gasteiger partial charge in [-0.2, -0.15) is 0 Å². The van der Waals surface area contributed by atoms with Gasteiger partial charge in [0.15, 0.2) is 0 Å². The number of nitrogens with one attached hydrogen (secondary N) is 1. The number of amides is 1. The van der Waals surface area contributed by atoms with Crippen LogP contribution in [0.1, 0.15) is 45.5 Å². The molecule has 2 N–H and O–H groups in total. The van der Waals surface area contributed by atoms with Crippen molar-refractivity contribution in [2.45, 2.75) is 25.1 Å². The van der Waals surface area contributed by atoms with Gasteiger partial charge >= 0.3 is 5.97 Å². The Morgan fingerprint density at radius 1 is 1.08 bits per heavy atom. The zero-order valence-corrected chi connectivity index (χ0v) is 15.1. The Morgan fingerprint density at radius 2 is 1.85 bits per heavy atom. The van der Waals surface area contributed by atoms with Gasteiger partial charge in [-0.1, -0.05) is 12.1 Å². The Kier molecular flexibility index (Phi) is 5.78. The van der Waals surface area contributed by atoms with Gasteiger partial charge in [0.1, 0.15) is 0 Å². The van der Waals surface area contributed by atoms with Crippen LogP contribution in [-0.2, 0) is 5.88 Å². The number of halogens is 1. The van der Waals surface area contributed by atoms with E-state index in [1.54, 1.807) is 30.3 Å². The Bertz CT molecular complexity index is 816.